The van der Waals surface area contributed by atoms with Gasteiger partial charge < -0.3 is 4.43 Å². The molecular formula is C14H22OSi. The molecule has 0 spiro atoms. The zero-order valence-electron chi connectivity index (χ0n) is 10.4. The minimum Gasteiger partial charge on any atom is -0.417 e. The average Bonchev–Trinajstić information content (AvgIpc) is 2.26. The molecule has 0 N–H and O–H groups in total. The van der Waals surface area contributed by atoms with E-state index >= 15 is 0 Å². The Bertz CT molecular complexity index is 306. The van der Waals surface area contributed by atoms with Crippen molar-refractivity contribution >= 4 is 8.32 Å². The summed E-state index contributed by atoms with van der Waals surface area (Å²) in [6.07, 6.45) is 4.19. The molecule has 0 atom stereocenters. The summed E-state index contributed by atoms with van der Waals surface area (Å²) in [6, 6.07) is 11.6. The summed E-state index contributed by atoms with van der Waals surface area (Å²) in [5, 5.41) is 0. The molecule has 0 aliphatic rings. The zero-order valence-corrected chi connectivity index (χ0v) is 11.4. The van der Waals surface area contributed by atoms with Crippen LogP contribution in [0.25, 0.3) is 0 Å². The van der Waals surface area contributed by atoms with E-state index in [4.69, 9.17) is 4.43 Å². The fourth-order valence-electron chi connectivity index (χ4n) is 1.68. The molecule has 1 aromatic carbocycles. The molecule has 2 heteroatoms. The highest BCUT2D eigenvalue weighted by Crippen LogP contribution is 2.12. The Morgan fingerprint density at radius 3 is 2.56 bits per heavy atom. The lowest BCUT2D eigenvalue weighted by Crippen LogP contribution is -2.29. The molecular weight excluding hydrogens is 212 g/mol. The van der Waals surface area contributed by atoms with Gasteiger partial charge in [-0.05, 0) is 37.5 Å². The maximum atomic E-state index is 5.96. The molecule has 88 valence electrons. The summed E-state index contributed by atoms with van der Waals surface area (Å²) in [5.41, 5.74) is 1.40. The van der Waals surface area contributed by atoms with E-state index in [1.165, 1.54) is 5.56 Å². The number of hydrogen-bond acceptors (Lipinski definition) is 1. The van der Waals surface area contributed by atoms with Gasteiger partial charge in [0.15, 0.2) is 8.32 Å². The van der Waals surface area contributed by atoms with Crippen molar-refractivity contribution < 1.29 is 4.43 Å². The number of hydrogen-bond donors (Lipinski definition) is 0. The van der Waals surface area contributed by atoms with Gasteiger partial charge in [-0.25, -0.2) is 0 Å². The predicted octanol–water partition coefficient (Wildman–Crippen LogP) is 4.03. The molecule has 0 aliphatic heterocycles. The van der Waals surface area contributed by atoms with Gasteiger partial charge in [0.1, 0.15) is 0 Å². The van der Waals surface area contributed by atoms with Crippen LogP contribution in [0, 0.1) is 0 Å². The van der Waals surface area contributed by atoms with E-state index in [-0.39, 0.29) is 0 Å². The van der Waals surface area contributed by atoms with Crippen LogP contribution in [0.3, 0.4) is 0 Å². The van der Waals surface area contributed by atoms with Gasteiger partial charge in [0.25, 0.3) is 0 Å². The molecule has 0 fully saturated rings. The van der Waals surface area contributed by atoms with Gasteiger partial charge >= 0.3 is 0 Å². The number of aryl methyl sites for hydroxylation is 1. The van der Waals surface area contributed by atoms with Crippen LogP contribution in [0.15, 0.2) is 43.0 Å². The van der Waals surface area contributed by atoms with Crippen molar-refractivity contribution in [3.63, 3.8) is 0 Å². The first-order valence-electron chi connectivity index (χ1n) is 5.93. The van der Waals surface area contributed by atoms with Crippen molar-refractivity contribution in [3.05, 3.63) is 48.6 Å². The molecule has 0 amide bonds. The molecule has 0 unspecified atom stereocenters. The van der Waals surface area contributed by atoms with Gasteiger partial charge in [-0.1, -0.05) is 36.4 Å². The first-order valence-corrected chi connectivity index (χ1v) is 9.04. The van der Waals surface area contributed by atoms with Crippen LogP contribution in [-0.2, 0) is 10.8 Å². The van der Waals surface area contributed by atoms with Gasteiger partial charge in [0, 0.05) is 6.61 Å². The average molecular weight is 234 g/mol. The Morgan fingerprint density at radius 2 is 1.94 bits per heavy atom. The van der Waals surface area contributed by atoms with Crippen molar-refractivity contribution in [3.8, 4) is 0 Å². The first kappa shape index (κ1) is 13.2. The van der Waals surface area contributed by atoms with Crippen LogP contribution in [-0.4, -0.2) is 14.9 Å². The van der Waals surface area contributed by atoms with E-state index in [1.807, 2.05) is 6.08 Å². The molecule has 0 heterocycles. The quantitative estimate of drug-likeness (QED) is 0.393. The third-order valence-electron chi connectivity index (χ3n) is 2.58. The zero-order chi connectivity index (χ0) is 11.9. The van der Waals surface area contributed by atoms with E-state index in [1.54, 1.807) is 0 Å². The van der Waals surface area contributed by atoms with Crippen LogP contribution in [0.5, 0.6) is 0 Å². The molecule has 0 radical (unpaired) electrons. The normalized spacial score (nSPS) is 11.4. The number of allylic oxidation sites excluding steroid dienone is 1. The molecule has 0 aliphatic carbocycles. The minimum atomic E-state index is -1.46. The van der Waals surface area contributed by atoms with Gasteiger partial charge in [-0.15, -0.1) is 6.58 Å². The molecule has 1 nitrogen and oxygen atoms in total. The molecule has 0 saturated carbocycles. The Balaban J connectivity index is 2.19. The maximum absolute atomic E-state index is 5.96. The lowest BCUT2D eigenvalue weighted by molar-refractivity contribution is 0.302. The number of rotatable bonds is 7. The lowest BCUT2D eigenvalue weighted by Gasteiger charge is -2.21. The Labute approximate surface area is 100 Å². The summed E-state index contributed by atoms with van der Waals surface area (Å²) < 4.78 is 5.96. The van der Waals surface area contributed by atoms with Gasteiger partial charge in [0.05, 0.1) is 0 Å². The standard InChI is InChI=1S/C14H22OSi/c1-4-13-16(2,3)15-12-8-11-14-9-6-5-7-10-14/h4-7,9-10H,1,8,11-13H2,2-3H3. The third kappa shape index (κ3) is 5.28. The highest BCUT2D eigenvalue weighted by Gasteiger charge is 2.19. The van der Waals surface area contributed by atoms with Crippen molar-refractivity contribution in [2.75, 3.05) is 6.61 Å². The monoisotopic (exact) mass is 234 g/mol. The third-order valence-corrected chi connectivity index (χ3v) is 4.84. The summed E-state index contributed by atoms with van der Waals surface area (Å²) in [5.74, 6) is 0. The van der Waals surface area contributed by atoms with Crippen molar-refractivity contribution in [2.24, 2.45) is 0 Å². The van der Waals surface area contributed by atoms with E-state index in [0.29, 0.717) is 0 Å². The van der Waals surface area contributed by atoms with Gasteiger partial charge in [0.2, 0.25) is 0 Å². The van der Waals surface area contributed by atoms with Crippen LogP contribution in [0.2, 0.25) is 19.1 Å². The second-order valence-corrected chi connectivity index (χ2v) is 8.91. The van der Waals surface area contributed by atoms with Crippen LogP contribution in [0.4, 0.5) is 0 Å². The molecule has 0 bridgehead atoms. The lowest BCUT2D eigenvalue weighted by atomic mass is 10.1. The smallest absolute Gasteiger partial charge is 0.190 e. The van der Waals surface area contributed by atoms with Crippen LogP contribution < -0.4 is 0 Å². The summed E-state index contributed by atoms with van der Waals surface area (Å²) in [7, 11) is -1.46. The Kier molecular flexibility index (Phi) is 5.50. The molecule has 1 rings (SSSR count). The highest BCUT2D eigenvalue weighted by atomic mass is 28.4. The molecule has 16 heavy (non-hydrogen) atoms. The molecule has 0 aromatic heterocycles. The fourth-order valence-corrected chi connectivity index (χ4v) is 3.19. The van der Waals surface area contributed by atoms with Crippen LogP contribution >= 0.6 is 0 Å². The molecule has 0 saturated heterocycles. The summed E-state index contributed by atoms with van der Waals surface area (Å²) >= 11 is 0. The fraction of sp³-hybridized carbons (Fsp3) is 0.429. The van der Waals surface area contributed by atoms with E-state index < -0.39 is 8.32 Å². The van der Waals surface area contributed by atoms with Crippen LogP contribution in [0.1, 0.15) is 12.0 Å². The van der Waals surface area contributed by atoms with E-state index in [0.717, 1.165) is 25.5 Å². The summed E-state index contributed by atoms with van der Waals surface area (Å²) in [4.78, 5) is 0. The summed E-state index contributed by atoms with van der Waals surface area (Å²) in [6.45, 7) is 9.15. The van der Waals surface area contributed by atoms with Crippen molar-refractivity contribution in [1.29, 1.82) is 0 Å². The highest BCUT2D eigenvalue weighted by molar-refractivity contribution is 6.71. The van der Waals surface area contributed by atoms with Crippen molar-refractivity contribution in [1.82, 2.24) is 0 Å². The molecule has 1 aromatic rings. The van der Waals surface area contributed by atoms with E-state index in [9.17, 15) is 0 Å². The Morgan fingerprint density at radius 1 is 1.25 bits per heavy atom. The Hall–Kier alpha value is -0.863. The number of benzene rings is 1. The maximum Gasteiger partial charge on any atom is 0.190 e. The SMILES string of the molecule is C=CC[Si](C)(C)OCCCc1ccccc1. The largest absolute Gasteiger partial charge is 0.417 e. The van der Waals surface area contributed by atoms with Gasteiger partial charge in [-0.2, -0.15) is 0 Å². The first-order chi connectivity index (χ1) is 7.64. The predicted molar refractivity (Wildman–Crippen MR) is 73.2 cm³/mol. The second kappa shape index (κ2) is 6.66. The van der Waals surface area contributed by atoms with E-state index in [2.05, 4.69) is 50.0 Å². The van der Waals surface area contributed by atoms with Crippen molar-refractivity contribution in [2.45, 2.75) is 32.0 Å². The topological polar surface area (TPSA) is 9.23 Å². The second-order valence-electron chi connectivity index (χ2n) is 4.69. The minimum absolute atomic E-state index is 0.877. The van der Waals surface area contributed by atoms with Gasteiger partial charge in [-0.3, -0.25) is 0 Å².